The number of tetrazole rings is 1. The molecule has 1 aliphatic heterocycles. The number of hydrogen-bond acceptors (Lipinski definition) is 5. The lowest BCUT2D eigenvalue weighted by molar-refractivity contribution is -0.121. The van der Waals surface area contributed by atoms with Gasteiger partial charge >= 0.3 is 0 Å². The van der Waals surface area contributed by atoms with E-state index in [9.17, 15) is 4.79 Å². The average Bonchev–Trinajstić information content (AvgIpc) is 3.28. The van der Waals surface area contributed by atoms with Crippen LogP contribution in [-0.2, 0) is 4.79 Å². The maximum absolute atomic E-state index is 12.8. The molecule has 0 bridgehead atoms. The van der Waals surface area contributed by atoms with Gasteiger partial charge in [0.1, 0.15) is 6.33 Å². The second-order valence-corrected chi connectivity index (χ2v) is 6.16. The van der Waals surface area contributed by atoms with E-state index in [1.165, 1.54) is 6.33 Å². The summed E-state index contributed by atoms with van der Waals surface area (Å²) in [6.45, 7) is 5.39. The Bertz CT molecular complexity index is 667. The van der Waals surface area contributed by atoms with Crippen LogP contribution in [0.2, 0.25) is 0 Å². The second-order valence-electron chi connectivity index (χ2n) is 6.16. The largest absolute Gasteiger partial charge is 0.325 e. The van der Waals surface area contributed by atoms with Crippen molar-refractivity contribution in [2.75, 3.05) is 11.9 Å². The molecule has 0 saturated carbocycles. The maximum Gasteiger partial charge on any atom is 0.241 e. The summed E-state index contributed by atoms with van der Waals surface area (Å²) in [6.07, 6.45) is 5.70. The lowest BCUT2D eigenvalue weighted by atomic mass is 10.1. The quantitative estimate of drug-likeness (QED) is 0.880. The summed E-state index contributed by atoms with van der Waals surface area (Å²) in [4.78, 5) is 15.1. The summed E-state index contributed by atoms with van der Waals surface area (Å²) in [5.41, 5.74) is 1.59. The number of nitrogens with zero attached hydrogens (tertiary/aromatic N) is 5. The first-order valence-corrected chi connectivity index (χ1v) is 8.63. The van der Waals surface area contributed by atoms with E-state index in [1.807, 2.05) is 24.3 Å². The monoisotopic (exact) mass is 328 g/mol. The van der Waals surface area contributed by atoms with E-state index in [0.717, 1.165) is 43.6 Å². The van der Waals surface area contributed by atoms with Crippen molar-refractivity contribution < 1.29 is 4.79 Å². The third kappa shape index (κ3) is 3.46. The molecule has 0 radical (unpaired) electrons. The summed E-state index contributed by atoms with van der Waals surface area (Å²) >= 11 is 0. The van der Waals surface area contributed by atoms with Crippen LogP contribution < -0.4 is 5.32 Å². The first-order valence-electron chi connectivity index (χ1n) is 8.63. The molecule has 128 valence electrons. The number of anilines is 1. The van der Waals surface area contributed by atoms with Gasteiger partial charge in [0.2, 0.25) is 5.91 Å². The van der Waals surface area contributed by atoms with E-state index in [1.54, 1.807) is 4.68 Å². The number of hydrogen-bond donors (Lipinski definition) is 1. The standard InChI is InChI=1S/C17H24N6O/c1-3-14(4-2)22-10-6-9-16(22)17(24)19-13-7-5-8-15(11-13)23-12-18-20-21-23/h5,7-8,11-12,14,16H,3-4,6,9-10H2,1-2H3,(H,19,24)/t16-/m0/s1. The van der Waals surface area contributed by atoms with Crippen LogP contribution in [-0.4, -0.2) is 49.6 Å². The fourth-order valence-electron chi connectivity index (χ4n) is 3.50. The highest BCUT2D eigenvalue weighted by atomic mass is 16.2. The summed E-state index contributed by atoms with van der Waals surface area (Å²) in [6, 6.07) is 8.01. The minimum absolute atomic E-state index is 0.0356. The summed E-state index contributed by atoms with van der Waals surface area (Å²) in [5.74, 6) is 0.0771. The molecule has 2 aromatic rings. The van der Waals surface area contributed by atoms with Crippen LogP contribution in [0.5, 0.6) is 0 Å². The molecule has 1 aliphatic rings. The fraction of sp³-hybridized carbons (Fsp3) is 0.529. The first kappa shape index (κ1) is 16.6. The van der Waals surface area contributed by atoms with Gasteiger partial charge in [0.05, 0.1) is 11.7 Å². The van der Waals surface area contributed by atoms with Crippen molar-refractivity contribution in [3.63, 3.8) is 0 Å². The second kappa shape index (κ2) is 7.53. The van der Waals surface area contributed by atoms with Gasteiger partial charge in [-0.3, -0.25) is 9.69 Å². The van der Waals surface area contributed by atoms with Gasteiger partial charge in [0.25, 0.3) is 0 Å². The van der Waals surface area contributed by atoms with Crippen molar-refractivity contribution in [2.24, 2.45) is 0 Å². The zero-order valence-electron chi connectivity index (χ0n) is 14.2. The number of benzene rings is 1. The van der Waals surface area contributed by atoms with Crippen LogP contribution in [0.25, 0.3) is 5.69 Å². The van der Waals surface area contributed by atoms with E-state index in [4.69, 9.17) is 0 Å². The molecular formula is C17H24N6O. The molecule has 1 atom stereocenters. The molecule has 24 heavy (non-hydrogen) atoms. The van der Waals surface area contributed by atoms with Gasteiger partial charge in [-0.25, -0.2) is 4.68 Å². The number of likely N-dealkylation sites (tertiary alicyclic amines) is 1. The molecule has 0 aliphatic carbocycles. The van der Waals surface area contributed by atoms with Gasteiger partial charge in [-0.15, -0.1) is 5.10 Å². The molecular weight excluding hydrogens is 304 g/mol. The fourth-order valence-corrected chi connectivity index (χ4v) is 3.50. The summed E-state index contributed by atoms with van der Waals surface area (Å²) in [7, 11) is 0. The highest BCUT2D eigenvalue weighted by Gasteiger charge is 2.34. The van der Waals surface area contributed by atoms with Crippen LogP contribution in [0.15, 0.2) is 30.6 Å². The van der Waals surface area contributed by atoms with Crippen LogP contribution >= 0.6 is 0 Å². The van der Waals surface area contributed by atoms with Crippen LogP contribution in [0, 0.1) is 0 Å². The van der Waals surface area contributed by atoms with Gasteiger partial charge in [0, 0.05) is 11.7 Å². The summed E-state index contributed by atoms with van der Waals surface area (Å²) in [5, 5.41) is 14.2. The highest BCUT2D eigenvalue weighted by Crippen LogP contribution is 2.24. The van der Waals surface area contributed by atoms with Crippen LogP contribution in [0.3, 0.4) is 0 Å². The SMILES string of the molecule is CCC(CC)N1CCC[C@H]1C(=O)Nc1cccc(-n2cnnn2)c1. The Labute approximate surface area is 142 Å². The molecule has 1 aromatic heterocycles. The summed E-state index contributed by atoms with van der Waals surface area (Å²) < 4.78 is 1.57. The van der Waals surface area contributed by atoms with Crippen molar-refractivity contribution in [1.82, 2.24) is 25.1 Å². The first-order chi connectivity index (χ1) is 11.7. The Hall–Kier alpha value is -2.28. The predicted molar refractivity (Wildman–Crippen MR) is 91.9 cm³/mol. The van der Waals surface area contributed by atoms with Crippen LogP contribution in [0.4, 0.5) is 5.69 Å². The van der Waals surface area contributed by atoms with Crippen molar-refractivity contribution in [1.29, 1.82) is 0 Å². The number of aromatic nitrogens is 4. The van der Waals surface area contributed by atoms with E-state index in [-0.39, 0.29) is 11.9 Å². The number of carbonyl (C=O) groups is 1. The molecule has 1 aromatic carbocycles. The molecule has 1 fully saturated rings. The van der Waals surface area contributed by atoms with Gasteiger partial charge in [-0.1, -0.05) is 19.9 Å². The molecule has 7 nitrogen and oxygen atoms in total. The van der Waals surface area contributed by atoms with Crippen molar-refractivity contribution >= 4 is 11.6 Å². The Morgan fingerprint density at radius 3 is 2.92 bits per heavy atom. The van der Waals surface area contributed by atoms with E-state index in [2.05, 4.69) is 39.6 Å². The van der Waals surface area contributed by atoms with E-state index >= 15 is 0 Å². The molecule has 7 heteroatoms. The lowest BCUT2D eigenvalue weighted by Gasteiger charge is -2.31. The van der Waals surface area contributed by atoms with Crippen molar-refractivity contribution in [3.05, 3.63) is 30.6 Å². The normalized spacial score (nSPS) is 18.2. The Morgan fingerprint density at radius 2 is 2.21 bits per heavy atom. The Balaban J connectivity index is 1.71. The van der Waals surface area contributed by atoms with Gasteiger partial charge in [-0.2, -0.15) is 0 Å². The molecule has 0 spiro atoms. The molecule has 1 saturated heterocycles. The van der Waals surface area contributed by atoms with Gasteiger partial charge in [-0.05, 0) is 60.9 Å². The van der Waals surface area contributed by atoms with Crippen LogP contribution in [0.1, 0.15) is 39.5 Å². The third-order valence-electron chi connectivity index (χ3n) is 4.74. The van der Waals surface area contributed by atoms with Gasteiger partial charge < -0.3 is 5.32 Å². The minimum atomic E-state index is -0.0356. The smallest absolute Gasteiger partial charge is 0.241 e. The average molecular weight is 328 g/mol. The van der Waals surface area contributed by atoms with Crippen molar-refractivity contribution in [3.8, 4) is 5.69 Å². The molecule has 3 rings (SSSR count). The maximum atomic E-state index is 12.8. The zero-order chi connectivity index (χ0) is 16.9. The topological polar surface area (TPSA) is 75.9 Å². The third-order valence-corrected chi connectivity index (χ3v) is 4.74. The van der Waals surface area contributed by atoms with E-state index < -0.39 is 0 Å². The van der Waals surface area contributed by atoms with E-state index in [0.29, 0.717) is 6.04 Å². The number of rotatable bonds is 6. The molecule has 1 N–H and O–H groups in total. The number of carbonyl (C=O) groups excluding carboxylic acids is 1. The predicted octanol–water partition coefficient (Wildman–Crippen LogP) is 2.25. The Kier molecular flexibility index (Phi) is 5.20. The Morgan fingerprint density at radius 1 is 1.38 bits per heavy atom. The molecule has 1 amide bonds. The van der Waals surface area contributed by atoms with Crippen molar-refractivity contribution in [2.45, 2.75) is 51.6 Å². The minimum Gasteiger partial charge on any atom is -0.325 e. The number of amides is 1. The highest BCUT2D eigenvalue weighted by molar-refractivity contribution is 5.95. The van der Waals surface area contributed by atoms with Gasteiger partial charge in [0.15, 0.2) is 0 Å². The number of nitrogens with one attached hydrogen (secondary N) is 1. The molecule has 0 unspecified atom stereocenters. The molecule has 2 heterocycles. The zero-order valence-corrected chi connectivity index (χ0v) is 14.2. The lowest BCUT2D eigenvalue weighted by Crippen LogP contribution is -2.45.